The summed E-state index contributed by atoms with van der Waals surface area (Å²) in [5.74, 6) is 0. The molecule has 0 aliphatic heterocycles. The summed E-state index contributed by atoms with van der Waals surface area (Å²) in [4.78, 5) is 32.9. The lowest BCUT2D eigenvalue weighted by Crippen LogP contribution is -1.47. The maximum absolute atomic E-state index is 8.24. The molecule has 0 spiro atoms. The lowest BCUT2D eigenvalue weighted by molar-refractivity contribution is 0.568. The molecule has 0 bridgehead atoms. The third-order valence-corrected chi connectivity index (χ3v) is 0.667. The molecule has 1 aromatic carbocycles. The third kappa shape index (κ3) is 234. The quantitative estimate of drug-likeness (QED) is 0.498. The van der Waals surface area contributed by atoms with Gasteiger partial charge in [-0.1, -0.05) is 36.4 Å². The second-order valence-corrected chi connectivity index (χ2v) is 1.52. The number of isocyanates is 4. The minimum Gasteiger partial charge on any atom is -0.724 e. The molecule has 0 fully saturated rings. The van der Waals surface area contributed by atoms with E-state index in [1.54, 1.807) is 0 Å². The van der Waals surface area contributed by atoms with E-state index in [1.807, 2.05) is 36.4 Å². The molecule has 0 radical (unpaired) electrons. The van der Waals surface area contributed by atoms with Gasteiger partial charge in [0, 0.05) is 0 Å². The van der Waals surface area contributed by atoms with Gasteiger partial charge in [0.1, 0.15) is 0 Å². The summed E-state index contributed by atoms with van der Waals surface area (Å²) >= 11 is 0. The number of benzene rings is 1. The molecule has 0 saturated carbocycles. The Morgan fingerprint density at radius 3 is 0.556 bits per heavy atom. The smallest absolute Gasteiger partial charge is 0.0159 e. The SMILES string of the molecule is [N-]=C=O.[N-]=C=O.[N-]=C=O.[N-]=C=O.c1ccccc1. The first-order chi connectivity index (χ1) is 8.66. The van der Waals surface area contributed by atoms with Crippen LogP contribution in [-0.4, -0.2) is 24.3 Å². The zero-order chi connectivity index (χ0) is 15.1. The molecule has 94 valence electrons. The van der Waals surface area contributed by atoms with Gasteiger partial charge in [0.05, 0.1) is 0 Å². The summed E-state index contributed by atoms with van der Waals surface area (Å²) in [7, 11) is 0. The van der Waals surface area contributed by atoms with Crippen molar-refractivity contribution in [3.8, 4) is 0 Å². The number of nitrogens with zero attached hydrogens (tertiary/aromatic N) is 4. The maximum atomic E-state index is 8.24. The first-order valence-corrected chi connectivity index (χ1v) is 3.71. The van der Waals surface area contributed by atoms with Gasteiger partial charge in [-0.2, -0.15) is 0 Å². The third-order valence-electron chi connectivity index (χ3n) is 0.667. The van der Waals surface area contributed by atoms with Gasteiger partial charge in [-0.25, -0.2) is 0 Å². The normalized spacial score (nSPS) is 4.44. The van der Waals surface area contributed by atoms with Crippen molar-refractivity contribution in [1.82, 2.24) is 0 Å². The van der Waals surface area contributed by atoms with Crippen molar-refractivity contribution in [2.75, 3.05) is 0 Å². The largest absolute Gasteiger partial charge is 0.724 e. The van der Waals surface area contributed by atoms with Gasteiger partial charge in [0.15, 0.2) is 0 Å². The average molecular weight is 246 g/mol. The Labute approximate surface area is 102 Å². The molecular weight excluding hydrogens is 240 g/mol. The molecule has 18 heavy (non-hydrogen) atoms. The van der Waals surface area contributed by atoms with Gasteiger partial charge in [-0.15, -0.1) is 0 Å². The van der Waals surface area contributed by atoms with Crippen molar-refractivity contribution >= 4 is 24.3 Å². The number of rotatable bonds is 0. The fourth-order valence-electron chi connectivity index (χ4n) is 0.385. The number of hydrogen-bond acceptors (Lipinski definition) is 4. The van der Waals surface area contributed by atoms with E-state index in [9.17, 15) is 0 Å². The van der Waals surface area contributed by atoms with Gasteiger partial charge >= 0.3 is 0 Å². The lowest BCUT2D eigenvalue weighted by Gasteiger charge is -1.69. The van der Waals surface area contributed by atoms with Crippen LogP contribution in [0.4, 0.5) is 0 Å². The summed E-state index contributed by atoms with van der Waals surface area (Å²) in [5, 5.41) is 27.1. The van der Waals surface area contributed by atoms with Crippen LogP contribution in [0.25, 0.3) is 21.6 Å². The van der Waals surface area contributed by atoms with Crippen LogP contribution in [0, 0.1) is 0 Å². The predicted molar refractivity (Wildman–Crippen MR) is 62.7 cm³/mol. The van der Waals surface area contributed by atoms with Crippen LogP contribution in [0.1, 0.15) is 0 Å². The van der Waals surface area contributed by atoms with Crippen molar-refractivity contribution in [3.05, 3.63) is 58.0 Å². The van der Waals surface area contributed by atoms with Crippen LogP contribution >= 0.6 is 0 Å². The molecule has 0 aromatic heterocycles. The summed E-state index contributed by atoms with van der Waals surface area (Å²) in [6, 6.07) is 12.0. The van der Waals surface area contributed by atoms with Crippen LogP contribution in [0.15, 0.2) is 36.4 Å². The van der Waals surface area contributed by atoms with E-state index in [1.165, 1.54) is 0 Å². The molecule has 0 saturated heterocycles. The Hall–Kier alpha value is -3.26. The number of carbonyl (C=O) groups excluding carboxylic acids is 4. The van der Waals surface area contributed by atoms with Crippen molar-refractivity contribution in [1.29, 1.82) is 0 Å². The molecule has 0 aliphatic carbocycles. The van der Waals surface area contributed by atoms with Crippen LogP contribution < -0.4 is 0 Å². The zero-order valence-electron chi connectivity index (χ0n) is 8.89. The van der Waals surface area contributed by atoms with Crippen molar-refractivity contribution in [2.24, 2.45) is 0 Å². The van der Waals surface area contributed by atoms with E-state index >= 15 is 0 Å². The second kappa shape index (κ2) is 49.1. The van der Waals surface area contributed by atoms with E-state index in [0.717, 1.165) is 0 Å². The van der Waals surface area contributed by atoms with Gasteiger partial charge in [-0.3, -0.25) is 19.2 Å². The lowest BCUT2D eigenvalue weighted by atomic mass is 10.4. The molecule has 8 nitrogen and oxygen atoms in total. The van der Waals surface area contributed by atoms with E-state index < -0.39 is 0 Å². The van der Waals surface area contributed by atoms with E-state index in [0.29, 0.717) is 24.3 Å². The molecule has 0 N–H and O–H groups in total. The van der Waals surface area contributed by atoms with Gasteiger partial charge < -0.3 is 21.6 Å². The summed E-state index contributed by atoms with van der Waals surface area (Å²) in [6.45, 7) is 0. The van der Waals surface area contributed by atoms with E-state index in [2.05, 4.69) is 0 Å². The van der Waals surface area contributed by atoms with Crippen LogP contribution in [-0.2, 0) is 19.2 Å². The monoisotopic (exact) mass is 246 g/mol. The van der Waals surface area contributed by atoms with Crippen molar-refractivity contribution in [2.45, 2.75) is 0 Å². The predicted octanol–water partition coefficient (Wildman–Crippen LogP) is 1.25. The molecule has 1 aromatic rings. The highest BCUT2D eigenvalue weighted by atomic mass is 16.1. The molecule has 0 unspecified atom stereocenters. The van der Waals surface area contributed by atoms with Gasteiger partial charge in [-0.05, 0) is 24.3 Å². The van der Waals surface area contributed by atoms with Crippen molar-refractivity contribution in [3.63, 3.8) is 0 Å². The molecule has 0 atom stereocenters. The van der Waals surface area contributed by atoms with Gasteiger partial charge in [0.2, 0.25) is 0 Å². The molecule has 1 rings (SSSR count). The molecule has 0 amide bonds. The van der Waals surface area contributed by atoms with Gasteiger partial charge in [0.25, 0.3) is 0 Å². The van der Waals surface area contributed by atoms with Crippen LogP contribution in [0.5, 0.6) is 0 Å². The minimum atomic E-state index is 0.500. The van der Waals surface area contributed by atoms with E-state index in [4.69, 9.17) is 40.8 Å². The average Bonchev–Trinajstić information content (AvgIpc) is 2.35. The first kappa shape index (κ1) is 24.1. The van der Waals surface area contributed by atoms with E-state index in [-0.39, 0.29) is 0 Å². The van der Waals surface area contributed by atoms with Crippen LogP contribution in [0.2, 0.25) is 0 Å². The standard InChI is InChI=1S/C6H6.4CNO/c1-2-4-6-5-3-1;4*2-1-3/h1-6H;;;;/q;4*-1. The minimum absolute atomic E-state index is 0.500. The molecule has 0 aliphatic rings. The Balaban J connectivity index is -0.0000000723. The van der Waals surface area contributed by atoms with Crippen LogP contribution in [0.3, 0.4) is 0 Å². The first-order valence-electron chi connectivity index (χ1n) is 3.71. The Bertz CT molecular complexity index is 307. The van der Waals surface area contributed by atoms with Crippen molar-refractivity contribution < 1.29 is 19.2 Å². The molecule has 8 heteroatoms. The maximum Gasteiger partial charge on any atom is -0.0159 e. The highest BCUT2D eigenvalue weighted by Crippen LogP contribution is 1.79. The summed E-state index contributed by atoms with van der Waals surface area (Å²) in [6.07, 6.45) is 2.00. The number of hydrogen-bond donors (Lipinski definition) is 0. The zero-order valence-corrected chi connectivity index (χ0v) is 8.89. The summed E-state index contributed by atoms with van der Waals surface area (Å²) in [5.41, 5.74) is 0. The fourth-order valence-corrected chi connectivity index (χ4v) is 0.385. The second-order valence-electron chi connectivity index (χ2n) is 1.52. The Morgan fingerprint density at radius 1 is 0.444 bits per heavy atom. The summed E-state index contributed by atoms with van der Waals surface area (Å²) < 4.78 is 0. The fraction of sp³-hybridized carbons (Fsp3) is 0. The Morgan fingerprint density at radius 2 is 0.500 bits per heavy atom. The Kier molecular flexibility index (Phi) is 65.8. The highest BCUT2D eigenvalue weighted by molar-refractivity contribution is 5.37. The highest BCUT2D eigenvalue weighted by Gasteiger charge is 1.57. The molecular formula is C10H6N4O4-4. The topological polar surface area (TPSA) is 157 Å². The molecule has 0 heterocycles.